The lowest BCUT2D eigenvalue weighted by atomic mass is 10.3. The molecule has 0 spiro atoms. The second-order valence-electron chi connectivity index (χ2n) is 3.67. The molecule has 0 amide bonds. The molecule has 0 aromatic heterocycles. The SMILES string of the molecule is CCOC(=O)CCCN=C(N)Nc1ccccc1.I. The third-order valence-corrected chi connectivity index (χ3v) is 2.17. The Morgan fingerprint density at radius 3 is 2.68 bits per heavy atom. The molecule has 0 saturated heterocycles. The molecular weight excluding hydrogens is 357 g/mol. The van der Waals surface area contributed by atoms with Crippen LogP contribution in [0.25, 0.3) is 0 Å². The Hall–Kier alpha value is -1.31. The van der Waals surface area contributed by atoms with Crippen molar-refractivity contribution in [2.45, 2.75) is 19.8 Å². The molecule has 6 heteroatoms. The van der Waals surface area contributed by atoms with E-state index < -0.39 is 0 Å². The lowest BCUT2D eigenvalue weighted by Gasteiger charge is -2.05. The van der Waals surface area contributed by atoms with Crippen LogP contribution in [0.15, 0.2) is 35.3 Å². The average molecular weight is 377 g/mol. The van der Waals surface area contributed by atoms with E-state index in [1.165, 1.54) is 0 Å². The van der Waals surface area contributed by atoms with E-state index in [4.69, 9.17) is 10.5 Å². The van der Waals surface area contributed by atoms with Gasteiger partial charge in [0.15, 0.2) is 5.96 Å². The highest BCUT2D eigenvalue weighted by atomic mass is 127. The summed E-state index contributed by atoms with van der Waals surface area (Å²) >= 11 is 0. The number of hydrogen-bond donors (Lipinski definition) is 2. The van der Waals surface area contributed by atoms with Crippen molar-refractivity contribution >= 4 is 41.6 Å². The summed E-state index contributed by atoms with van der Waals surface area (Å²) in [4.78, 5) is 15.2. The first kappa shape index (κ1) is 17.7. The van der Waals surface area contributed by atoms with E-state index >= 15 is 0 Å². The number of halogens is 1. The molecule has 0 fully saturated rings. The quantitative estimate of drug-likeness (QED) is 0.262. The molecule has 1 rings (SSSR count). The van der Waals surface area contributed by atoms with Gasteiger partial charge in [0.05, 0.1) is 6.61 Å². The highest BCUT2D eigenvalue weighted by molar-refractivity contribution is 14.0. The zero-order chi connectivity index (χ0) is 13.2. The van der Waals surface area contributed by atoms with Crippen LogP contribution in [0.3, 0.4) is 0 Å². The summed E-state index contributed by atoms with van der Waals surface area (Å²) in [5.74, 6) is 0.160. The molecule has 0 aliphatic heterocycles. The van der Waals surface area contributed by atoms with Gasteiger partial charge in [0.25, 0.3) is 0 Å². The van der Waals surface area contributed by atoms with Gasteiger partial charge >= 0.3 is 5.97 Å². The molecule has 0 heterocycles. The van der Waals surface area contributed by atoms with Gasteiger partial charge in [0.2, 0.25) is 0 Å². The third-order valence-electron chi connectivity index (χ3n) is 2.17. The van der Waals surface area contributed by atoms with Gasteiger partial charge in [0.1, 0.15) is 0 Å². The largest absolute Gasteiger partial charge is 0.466 e. The van der Waals surface area contributed by atoms with Crippen LogP contribution in [0.4, 0.5) is 5.69 Å². The van der Waals surface area contributed by atoms with Crippen molar-refractivity contribution in [1.82, 2.24) is 0 Å². The second-order valence-corrected chi connectivity index (χ2v) is 3.67. The van der Waals surface area contributed by atoms with Crippen molar-refractivity contribution in [3.63, 3.8) is 0 Å². The summed E-state index contributed by atoms with van der Waals surface area (Å²) in [6.45, 7) is 2.71. The number of carbonyl (C=O) groups excluding carboxylic acids is 1. The third kappa shape index (κ3) is 8.41. The fourth-order valence-electron chi connectivity index (χ4n) is 1.36. The van der Waals surface area contributed by atoms with Crippen molar-refractivity contribution in [1.29, 1.82) is 0 Å². The highest BCUT2D eigenvalue weighted by Gasteiger charge is 2.00. The van der Waals surface area contributed by atoms with Crippen LogP contribution in [-0.4, -0.2) is 25.1 Å². The molecule has 1 aromatic rings. The van der Waals surface area contributed by atoms with Crippen molar-refractivity contribution < 1.29 is 9.53 Å². The molecular formula is C13H20IN3O2. The molecule has 0 radical (unpaired) electrons. The Balaban J connectivity index is 0.00000324. The first-order valence-electron chi connectivity index (χ1n) is 6.00. The monoisotopic (exact) mass is 377 g/mol. The van der Waals surface area contributed by atoms with Gasteiger partial charge in [-0.3, -0.25) is 9.79 Å². The van der Waals surface area contributed by atoms with E-state index in [-0.39, 0.29) is 29.9 Å². The van der Waals surface area contributed by atoms with Gasteiger partial charge in [-0.05, 0) is 25.5 Å². The Labute approximate surface area is 130 Å². The van der Waals surface area contributed by atoms with Gasteiger partial charge in [-0.25, -0.2) is 0 Å². The number of hydrogen-bond acceptors (Lipinski definition) is 3. The van der Waals surface area contributed by atoms with Crippen LogP contribution in [0, 0.1) is 0 Å². The predicted molar refractivity (Wildman–Crippen MR) is 87.8 cm³/mol. The number of nitrogens with one attached hydrogen (secondary N) is 1. The average Bonchev–Trinajstić information content (AvgIpc) is 2.36. The number of carbonyl (C=O) groups is 1. The van der Waals surface area contributed by atoms with E-state index in [1.54, 1.807) is 6.92 Å². The highest BCUT2D eigenvalue weighted by Crippen LogP contribution is 2.03. The smallest absolute Gasteiger partial charge is 0.305 e. The van der Waals surface area contributed by atoms with Crippen molar-refractivity contribution in [2.75, 3.05) is 18.5 Å². The normalized spacial score (nSPS) is 10.5. The number of esters is 1. The van der Waals surface area contributed by atoms with E-state index in [0.29, 0.717) is 32.0 Å². The van der Waals surface area contributed by atoms with E-state index in [2.05, 4.69) is 10.3 Å². The van der Waals surface area contributed by atoms with E-state index in [1.807, 2.05) is 30.3 Å². The second kappa shape index (κ2) is 10.6. The molecule has 1 aromatic carbocycles. The van der Waals surface area contributed by atoms with Gasteiger partial charge in [-0.1, -0.05) is 18.2 Å². The van der Waals surface area contributed by atoms with Crippen LogP contribution in [-0.2, 0) is 9.53 Å². The summed E-state index contributed by atoms with van der Waals surface area (Å²) in [6.07, 6.45) is 1.01. The zero-order valence-electron chi connectivity index (χ0n) is 11.0. The molecule has 0 atom stereocenters. The Kier molecular flexibility index (Phi) is 9.87. The van der Waals surface area contributed by atoms with Gasteiger partial charge < -0.3 is 15.8 Å². The van der Waals surface area contributed by atoms with Crippen LogP contribution in [0.2, 0.25) is 0 Å². The van der Waals surface area contributed by atoms with E-state index in [0.717, 1.165) is 5.69 Å². The van der Waals surface area contributed by atoms with Crippen molar-refractivity contribution in [3.05, 3.63) is 30.3 Å². The summed E-state index contributed by atoms with van der Waals surface area (Å²) in [6, 6.07) is 9.56. The lowest BCUT2D eigenvalue weighted by Crippen LogP contribution is -2.22. The molecule has 19 heavy (non-hydrogen) atoms. The van der Waals surface area contributed by atoms with Gasteiger partial charge in [-0.2, -0.15) is 0 Å². The van der Waals surface area contributed by atoms with Crippen LogP contribution < -0.4 is 11.1 Å². The predicted octanol–water partition coefficient (Wildman–Crippen LogP) is 2.37. The number of rotatable bonds is 6. The maximum Gasteiger partial charge on any atom is 0.305 e. The van der Waals surface area contributed by atoms with Crippen molar-refractivity contribution in [3.8, 4) is 0 Å². The fourth-order valence-corrected chi connectivity index (χ4v) is 1.36. The first-order chi connectivity index (χ1) is 8.72. The number of nitrogens with zero attached hydrogens (tertiary/aromatic N) is 1. The number of benzene rings is 1. The van der Waals surface area contributed by atoms with Crippen LogP contribution in [0.5, 0.6) is 0 Å². The molecule has 3 N–H and O–H groups in total. The molecule has 0 unspecified atom stereocenters. The standard InChI is InChI=1S/C13H19N3O2.HI/c1-2-18-12(17)9-6-10-15-13(14)16-11-7-4-3-5-8-11;/h3-5,7-8H,2,6,9-10H2,1H3,(H3,14,15,16);1H. The minimum Gasteiger partial charge on any atom is -0.466 e. The number of nitrogens with two attached hydrogens (primary N) is 1. The van der Waals surface area contributed by atoms with Gasteiger partial charge in [0, 0.05) is 18.7 Å². The summed E-state index contributed by atoms with van der Waals surface area (Å²) in [7, 11) is 0. The van der Waals surface area contributed by atoms with Crippen molar-refractivity contribution in [2.24, 2.45) is 10.7 Å². The summed E-state index contributed by atoms with van der Waals surface area (Å²) in [5, 5.41) is 2.97. The molecule has 0 aliphatic carbocycles. The molecule has 106 valence electrons. The first-order valence-corrected chi connectivity index (χ1v) is 6.00. The number of ether oxygens (including phenoxy) is 1. The Morgan fingerprint density at radius 1 is 1.37 bits per heavy atom. The van der Waals surface area contributed by atoms with Crippen LogP contribution in [0.1, 0.15) is 19.8 Å². The minimum absolute atomic E-state index is 0. The zero-order valence-corrected chi connectivity index (χ0v) is 13.3. The maximum atomic E-state index is 11.1. The fraction of sp³-hybridized carbons (Fsp3) is 0.385. The number of guanidine groups is 1. The van der Waals surface area contributed by atoms with Gasteiger partial charge in [-0.15, -0.1) is 24.0 Å². The Morgan fingerprint density at radius 2 is 2.05 bits per heavy atom. The molecule has 0 bridgehead atoms. The number of aliphatic imine (C=N–C) groups is 1. The number of anilines is 1. The van der Waals surface area contributed by atoms with E-state index in [9.17, 15) is 4.79 Å². The molecule has 5 nitrogen and oxygen atoms in total. The number of para-hydroxylation sites is 1. The van der Waals surface area contributed by atoms with Crippen LogP contribution >= 0.6 is 24.0 Å². The maximum absolute atomic E-state index is 11.1. The Bertz CT molecular complexity index is 396. The molecule has 0 aliphatic rings. The topological polar surface area (TPSA) is 76.7 Å². The molecule has 0 saturated carbocycles. The summed E-state index contributed by atoms with van der Waals surface area (Å²) in [5.41, 5.74) is 6.60. The minimum atomic E-state index is -0.192. The lowest BCUT2D eigenvalue weighted by molar-refractivity contribution is -0.143. The summed E-state index contributed by atoms with van der Waals surface area (Å²) < 4.78 is 4.81.